The Balaban J connectivity index is 2.22. The van der Waals surface area contributed by atoms with Crippen LogP contribution in [0.2, 0.25) is 0 Å². The fourth-order valence-electron chi connectivity index (χ4n) is 2.93. The lowest BCUT2D eigenvalue weighted by atomic mass is 10.0. The Labute approximate surface area is 170 Å². The zero-order chi connectivity index (χ0) is 20.3. The summed E-state index contributed by atoms with van der Waals surface area (Å²) in [7, 11) is 3.89. The molecule has 0 aliphatic carbocycles. The number of nitro benzene ring substituents is 1. The molecule has 0 saturated carbocycles. The molecule has 0 atom stereocenters. The van der Waals surface area contributed by atoms with Crippen LogP contribution in [0, 0.1) is 21.4 Å². The minimum absolute atomic E-state index is 0.0181. The van der Waals surface area contributed by atoms with Gasteiger partial charge in [-0.15, -0.1) is 0 Å². The molecule has 8 heteroatoms. The number of nitro groups is 1. The second-order valence-electron chi connectivity index (χ2n) is 6.61. The van der Waals surface area contributed by atoms with E-state index in [1.165, 1.54) is 12.3 Å². The maximum Gasteiger partial charge on any atom is 0.270 e. The van der Waals surface area contributed by atoms with Crippen molar-refractivity contribution in [1.82, 2.24) is 9.88 Å². The summed E-state index contributed by atoms with van der Waals surface area (Å²) < 4.78 is 0.882. The number of fused-ring (bicyclic) bond motifs is 1. The van der Waals surface area contributed by atoms with Crippen LogP contribution in [0.5, 0.6) is 0 Å². The van der Waals surface area contributed by atoms with Crippen molar-refractivity contribution in [2.75, 3.05) is 26.0 Å². The zero-order valence-corrected chi connectivity index (χ0v) is 17.0. The summed E-state index contributed by atoms with van der Waals surface area (Å²) in [6.07, 6.45) is 2.12. The summed E-state index contributed by atoms with van der Waals surface area (Å²) in [6.45, 7) is 0.729. The molecule has 28 heavy (non-hydrogen) atoms. The highest BCUT2D eigenvalue weighted by molar-refractivity contribution is 9.10. The number of pyridine rings is 1. The van der Waals surface area contributed by atoms with E-state index in [2.05, 4.69) is 32.3 Å². The van der Waals surface area contributed by atoms with Crippen LogP contribution in [0.4, 0.5) is 17.1 Å². The molecule has 0 spiro atoms. The number of hydrogen-bond acceptors (Lipinski definition) is 6. The van der Waals surface area contributed by atoms with Crippen molar-refractivity contribution in [2.45, 2.75) is 6.42 Å². The highest BCUT2D eigenvalue weighted by Gasteiger charge is 2.18. The lowest BCUT2D eigenvalue weighted by molar-refractivity contribution is -0.384. The first-order valence-corrected chi connectivity index (χ1v) is 9.36. The van der Waals surface area contributed by atoms with E-state index in [4.69, 9.17) is 0 Å². The Morgan fingerprint density at radius 3 is 2.75 bits per heavy atom. The van der Waals surface area contributed by atoms with E-state index in [1.54, 1.807) is 6.07 Å². The molecule has 0 unspecified atom stereocenters. The molecule has 1 heterocycles. The average molecular weight is 440 g/mol. The van der Waals surface area contributed by atoms with Crippen molar-refractivity contribution in [1.29, 1.82) is 5.26 Å². The molecule has 2 aromatic carbocycles. The van der Waals surface area contributed by atoms with E-state index < -0.39 is 4.92 Å². The average Bonchev–Trinajstić information content (AvgIpc) is 2.66. The van der Waals surface area contributed by atoms with Gasteiger partial charge in [0.05, 0.1) is 21.7 Å². The molecule has 3 rings (SSSR count). The Kier molecular flexibility index (Phi) is 5.87. The SMILES string of the molecule is CN(C)CCc1cc([N+](=O)[O-])cc2c(Nc3cccc(Br)c3)c(C#N)cnc12. The number of aromatic nitrogens is 1. The first kappa shape index (κ1) is 19.7. The zero-order valence-electron chi connectivity index (χ0n) is 15.4. The van der Waals surface area contributed by atoms with E-state index in [1.807, 2.05) is 43.3 Å². The molecule has 142 valence electrons. The van der Waals surface area contributed by atoms with Gasteiger partial charge in [0.2, 0.25) is 0 Å². The molecule has 0 aliphatic heterocycles. The van der Waals surface area contributed by atoms with Crippen molar-refractivity contribution in [3.8, 4) is 6.07 Å². The van der Waals surface area contributed by atoms with E-state index in [9.17, 15) is 15.4 Å². The molecule has 1 aromatic heterocycles. The second-order valence-corrected chi connectivity index (χ2v) is 7.52. The van der Waals surface area contributed by atoms with Gasteiger partial charge in [0.25, 0.3) is 5.69 Å². The summed E-state index contributed by atoms with van der Waals surface area (Å²) in [5.41, 5.74) is 3.02. The molecule has 0 radical (unpaired) electrons. The first-order chi connectivity index (χ1) is 13.4. The van der Waals surface area contributed by atoms with Crippen LogP contribution in [-0.4, -0.2) is 35.4 Å². The Morgan fingerprint density at radius 1 is 1.32 bits per heavy atom. The monoisotopic (exact) mass is 439 g/mol. The van der Waals surface area contributed by atoms with Gasteiger partial charge in [-0.25, -0.2) is 0 Å². The number of nitriles is 1. The first-order valence-electron chi connectivity index (χ1n) is 8.56. The summed E-state index contributed by atoms with van der Waals surface area (Å²) in [5.74, 6) is 0. The lowest BCUT2D eigenvalue weighted by Crippen LogP contribution is -2.15. The predicted octanol–water partition coefficient (Wildman–Crippen LogP) is 4.62. The molecule has 7 nitrogen and oxygen atoms in total. The molecule has 1 N–H and O–H groups in total. The largest absolute Gasteiger partial charge is 0.354 e. The number of nitrogens with one attached hydrogen (secondary N) is 1. The summed E-state index contributed by atoms with van der Waals surface area (Å²) >= 11 is 3.43. The summed E-state index contributed by atoms with van der Waals surface area (Å²) in [6, 6.07) is 12.7. The molecule has 3 aromatic rings. The van der Waals surface area contributed by atoms with Crippen LogP contribution in [0.1, 0.15) is 11.1 Å². The van der Waals surface area contributed by atoms with Gasteiger partial charge in [0, 0.05) is 40.4 Å². The molecule has 0 fully saturated rings. The number of halogens is 1. The number of likely N-dealkylation sites (N-methyl/N-ethyl adjacent to an activating group) is 1. The maximum absolute atomic E-state index is 11.5. The van der Waals surface area contributed by atoms with Crippen LogP contribution >= 0.6 is 15.9 Å². The van der Waals surface area contributed by atoms with Crippen molar-refractivity contribution in [2.24, 2.45) is 0 Å². The molecular weight excluding hydrogens is 422 g/mol. The van der Waals surface area contributed by atoms with E-state index in [-0.39, 0.29) is 5.69 Å². The molecule has 0 amide bonds. The van der Waals surface area contributed by atoms with Gasteiger partial charge in [-0.05, 0) is 44.3 Å². The summed E-state index contributed by atoms with van der Waals surface area (Å²) in [5, 5.41) is 24.8. The second kappa shape index (κ2) is 8.33. The van der Waals surface area contributed by atoms with Crippen LogP contribution in [0.15, 0.2) is 47.1 Å². The third kappa shape index (κ3) is 4.27. The third-order valence-corrected chi connectivity index (χ3v) is 4.78. The third-order valence-electron chi connectivity index (χ3n) is 4.29. The van der Waals surface area contributed by atoms with Gasteiger partial charge in [0.1, 0.15) is 6.07 Å². The van der Waals surface area contributed by atoms with Crippen molar-refractivity contribution in [3.63, 3.8) is 0 Å². The Morgan fingerprint density at radius 2 is 2.11 bits per heavy atom. The number of hydrogen-bond donors (Lipinski definition) is 1. The Bertz CT molecular complexity index is 1090. The standard InChI is InChI=1S/C20H18BrN5O2/c1-25(2)7-6-13-8-17(26(27)28)10-18-19(13)23-12-14(11-22)20(18)24-16-5-3-4-15(21)9-16/h3-5,8-10,12H,6-7H2,1-2H3,(H,23,24). The van der Waals surface area contributed by atoms with E-state index >= 15 is 0 Å². The fourth-order valence-corrected chi connectivity index (χ4v) is 3.33. The van der Waals surface area contributed by atoms with Gasteiger partial charge in [-0.2, -0.15) is 5.26 Å². The number of rotatable bonds is 6. The van der Waals surface area contributed by atoms with E-state index in [0.29, 0.717) is 28.6 Å². The molecular formula is C20H18BrN5O2. The quantitative estimate of drug-likeness (QED) is 0.444. The van der Waals surface area contributed by atoms with Crippen LogP contribution in [-0.2, 0) is 6.42 Å². The van der Waals surface area contributed by atoms with Gasteiger partial charge in [-0.3, -0.25) is 15.1 Å². The normalized spacial score (nSPS) is 10.8. The van der Waals surface area contributed by atoms with Crippen molar-refractivity contribution < 1.29 is 4.92 Å². The highest BCUT2D eigenvalue weighted by Crippen LogP contribution is 2.34. The van der Waals surface area contributed by atoms with Gasteiger partial charge < -0.3 is 10.2 Å². The minimum atomic E-state index is -0.416. The van der Waals surface area contributed by atoms with Gasteiger partial charge in [0.15, 0.2) is 0 Å². The molecule has 0 bridgehead atoms. The molecule has 0 aliphatic rings. The smallest absolute Gasteiger partial charge is 0.270 e. The number of nitrogens with zero attached hydrogens (tertiary/aromatic N) is 4. The van der Waals surface area contributed by atoms with Crippen LogP contribution in [0.3, 0.4) is 0 Å². The maximum atomic E-state index is 11.5. The topological polar surface area (TPSA) is 95.1 Å². The number of benzene rings is 2. The van der Waals surface area contributed by atoms with E-state index in [0.717, 1.165) is 22.3 Å². The van der Waals surface area contributed by atoms with Gasteiger partial charge in [-0.1, -0.05) is 22.0 Å². The Hall–Kier alpha value is -3.02. The predicted molar refractivity (Wildman–Crippen MR) is 113 cm³/mol. The van der Waals surface area contributed by atoms with Crippen LogP contribution in [0.25, 0.3) is 10.9 Å². The van der Waals surface area contributed by atoms with Crippen LogP contribution < -0.4 is 5.32 Å². The van der Waals surface area contributed by atoms with Gasteiger partial charge >= 0.3 is 0 Å². The fraction of sp³-hybridized carbons (Fsp3) is 0.200. The lowest BCUT2D eigenvalue weighted by Gasteiger charge is -2.15. The summed E-state index contributed by atoms with van der Waals surface area (Å²) in [4.78, 5) is 17.5. The van der Waals surface area contributed by atoms with Crippen molar-refractivity contribution >= 4 is 43.9 Å². The number of non-ortho nitro benzene ring substituents is 1. The molecule has 0 saturated heterocycles. The van der Waals surface area contributed by atoms with Crippen molar-refractivity contribution in [3.05, 3.63) is 68.3 Å². The minimum Gasteiger partial charge on any atom is -0.354 e. The highest BCUT2D eigenvalue weighted by atomic mass is 79.9. The number of anilines is 2.